The predicted molar refractivity (Wildman–Crippen MR) is 81.0 cm³/mol. The van der Waals surface area contributed by atoms with E-state index in [0.29, 0.717) is 12.0 Å². The summed E-state index contributed by atoms with van der Waals surface area (Å²) in [6.45, 7) is 6.26. The third-order valence-corrected chi connectivity index (χ3v) is 5.56. The fraction of sp³-hybridized carbons (Fsp3) is 0.600. The van der Waals surface area contributed by atoms with Crippen LogP contribution >= 0.6 is 0 Å². The lowest BCUT2D eigenvalue weighted by atomic mass is 9.98. The second-order valence-corrected chi connectivity index (χ2v) is 7.79. The molecule has 1 saturated heterocycles. The van der Waals surface area contributed by atoms with Gasteiger partial charge in [0.1, 0.15) is 11.6 Å². The van der Waals surface area contributed by atoms with Gasteiger partial charge < -0.3 is 0 Å². The van der Waals surface area contributed by atoms with E-state index in [-0.39, 0.29) is 17.5 Å². The molecule has 1 aliphatic heterocycles. The van der Waals surface area contributed by atoms with Crippen molar-refractivity contribution >= 4 is 10.0 Å². The average molecular weight is 332 g/mol. The van der Waals surface area contributed by atoms with Crippen LogP contribution in [0.3, 0.4) is 0 Å². The third-order valence-electron chi connectivity index (χ3n) is 4.16. The van der Waals surface area contributed by atoms with Gasteiger partial charge >= 0.3 is 0 Å². The Balaban J connectivity index is 1.97. The molecule has 1 aromatic carbocycles. The van der Waals surface area contributed by atoms with Crippen LogP contribution in [0.2, 0.25) is 0 Å². The average Bonchev–Trinajstić information content (AvgIpc) is 2.44. The normalized spacial score (nSPS) is 19.3. The summed E-state index contributed by atoms with van der Waals surface area (Å²) in [6.07, 6.45) is 2.21. The van der Waals surface area contributed by atoms with Gasteiger partial charge in [0.15, 0.2) is 0 Å². The molecule has 0 aromatic heterocycles. The van der Waals surface area contributed by atoms with Crippen LogP contribution in [-0.4, -0.2) is 39.0 Å². The molecule has 1 N–H and O–H groups in total. The van der Waals surface area contributed by atoms with Crippen molar-refractivity contribution in [3.63, 3.8) is 0 Å². The van der Waals surface area contributed by atoms with E-state index in [1.165, 1.54) is 0 Å². The molecule has 1 atom stereocenters. The Morgan fingerprint density at radius 1 is 1.23 bits per heavy atom. The van der Waals surface area contributed by atoms with Gasteiger partial charge in [0, 0.05) is 18.7 Å². The minimum atomic E-state index is -3.91. The van der Waals surface area contributed by atoms with Crippen molar-refractivity contribution in [2.45, 2.75) is 37.6 Å². The topological polar surface area (TPSA) is 49.4 Å². The standard InChI is InChI=1S/C15H22F2N2O2S/c1-11-3-5-19(6-4-11)12(2)10-18-22(20,21)15-8-13(16)7-14(17)9-15/h7-9,11-12,18H,3-6,10H2,1-2H3/t12-/m0/s1. The molecule has 1 fully saturated rings. The number of nitrogens with one attached hydrogen (secondary N) is 1. The molecule has 0 spiro atoms. The van der Waals surface area contributed by atoms with Crippen LogP contribution in [0.1, 0.15) is 26.7 Å². The van der Waals surface area contributed by atoms with Crippen molar-refractivity contribution in [2.75, 3.05) is 19.6 Å². The van der Waals surface area contributed by atoms with E-state index in [1.54, 1.807) is 0 Å². The molecule has 0 bridgehead atoms. The highest BCUT2D eigenvalue weighted by molar-refractivity contribution is 7.89. The molecule has 1 aromatic rings. The summed E-state index contributed by atoms with van der Waals surface area (Å²) in [4.78, 5) is 1.85. The summed E-state index contributed by atoms with van der Waals surface area (Å²) >= 11 is 0. The molecule has 7 heteroatoms. The van der Waals surface area contributed by atoms with E-state index in [9.17, 15) is 17.2 Å². The zero-order chi connectivity index (χ0) is 16.3. The molecule has 0 aliphatic carbocycles. The monoisotopic (exact) mass is 332 g/mol. The molecule has 0 radical (unpaired) electrons. The van der Waals surface area contributed by atoms with Crippen LogP contribution in [0, 0.1) is 17.6 Å². The van der Waals surface area contributed by atoms with Crippen molar-refractivity contribution in [2.24, 2.45) is 5.92 Å². The minimum Gasteiger partial charge on any atom is -0.299 e. The van der Waals surface area contributed by atoms with Gasteiger partial charge in [0.25, 0.3) is 0 Å². The third kappa shape index (κ3) is 4.47. The molecule has 0 saturated carbocycles. The summed E-state index contributed by atoms with van der Waals surface area (Å²) in [5.41, 5.74) is 0. The molecule has 0 amide bonds. The lowest BCUT2D eigenvalue weighted by Gasteiger charge is -2.34. The number of hydrogen-bond acceptors (Lipinski definition) is 3. The first-order valence-electron chi connectivity index (χ1n) is 7.48. The van der Waals surface area contributed by atoms with Crippen LogP contribution in [0.15, 0.2) is 23.1 Å². The smallest absolute Gasteiger partial charge is 0.240 e. The Bertz CT molecular complexity index is 594. The Labute approximate surface area is 130 Å². The number of sulfonamides is 1. The molecule has 22 heavy (non-hydrogen) atoms. The Morgan fingerprint density at radius 2 is 1.77 bits per heavy atom. The molecule has 0 unspecified atom stereocenters. The predicted octanol–water partition coefficient (Wildman–Crippen LogP) is 2.36. The first-order chi connectivity index (χ1) is 10.3. The van der Waals surface area contributed by atoms with Crippen molar-refractivity contribution in [3.05, 3.63) is 29.8 Å². The van der Waals surface area contributed by atoms with E-state index in [0.717, 1.165) is 38.1 Å². The van der Waals surface area contributed by atoms with Gasteiger partial charge in [0.2, 0.25) is 10.0 Å². The lowest BCUT2D eigenvalue weighted by molar-refractivity contribution is 0.148. The Kier molecular flexibility index (Phi) is 5.52. The first-order valence-corrected chi connectivity index (χ1v) is 8.96. The van der Waals surface area contributed by atoms with E-state index >= 15 is 0 Å². The molecular formula is C15H22F2N2O2S. The maximum atomic E-state index is 13.1. The molecular weight excluding hydrogens is 310 g/mol. The van der Waals surface area contributed by atoms with Crippen molar-refractivity contribution in [3.8, 4) is 0 Å². The number of likely N-dealkylation sites (tertiary alicyclic amines) is 1. The second-order valence-electron chi connectivity index (χ2n) is 6.02. The fourth-order valence-electron chi connectivity index (χ4n) is 2.60. The number of hydrogen-bond donors (Lipinski definition) is 1. The summed E-state index contributed by atoms with van der Waals surface area (Å²) in [7, 11) is -3.91. The summed E-state index contributed by atoms with van der Waals surface area (Å²) in [5, 5.41) is 0. The quantitative estimate of drug-likeness (QED) is 0.900. The number of rotatable bonds is 5. The van der Waals surface area contributed by atoms with Gasteiger partial charge in [-0.25, -0.2) is 21.9 Å². The minimum absolute atomic E-state index is 0.0423. The largest absolute Gasteiger partial charge is 0.299 e. The van der Waals surface area contributed by atoms with Crippen LogP contribution in [0.25, 0.3) is 0 Å². The van der Waals surface area contributed by atoms with E-state index in [4.69, 9.17) is 0 Å². The fourth-order valence-corrected chi connectivity index (χ4v) is 3.76. The van der Waals surface area contributed by atoms with Crippen LogP contribution < -0.4 is 4.72 Å². The van der Waals surface area contributed by atoms with Gasteiger partial charge in [0.05, 0.1) is 4.90 Å². The van der Waals surface area contributed by atoms with E-state index < -0.39 is 21.7 Å². The first kappa shape index (κ1) is 17.3. The van der Waals surface area contributed by atoms with Gasteiger partial charge in [-0.05, 0) is 50.9 Å². The van der Waals surface area contributed by atoms with Crippen LogP contribution in [-0.2, 0) is 10.0 Å². The number of benzene rings is 1. The number of nitrogens with zero attached hydrogens (tertiary/aromatic N) is 1. The van der Waals surface area contributed by atoms with Crippen LogP contribution in [0.4, 0.5) is 8.78 Å². The highest BCUT2D eigenvalue weighted by Gasteiger charge is 2.23. The van der Waals surface area contributed by atoms with E-state index in [2.05, 4.69) is 16.5 Å². The summed E-state index contributed by atoms with van der Waals surface area (Å²) in [6, 6.07) is 2.33. The highest BCUT2D eigenvalue weighted by atomic mass is 32.2. The lowest BCUT2D eigenvalue weighted by Crippen LogP contribution is -2.45. The second kappa shape index (κ2) is 7.02. The van der Waals surface area contributed by atoms with Crippen molar-refractivity contribution in [1.82, 2.24) is 9.62 Å². The number of halogens is 2. The molecule has 1 heterocycles. The maximum Gasteiger partial charge on any atom is 0.240 e. The van der Waals surface area contributed by atoms with Gasteiger partial charge in [-0.3, -0.25) is 4.90 Å². The van der Waals surface area contributed by atoms with Gasteiger partial charge in [-0.2, -0.15) is 0 Å². The van der Waals surface area contributed by atoms with E-state index in [1.807, 2.05) is 6.92 Å². The maximum absolute atomic E-state index is 13.1. The summed E-state index contributed by atoms with van der Waals surface area (Å²) in [5.74, 6) is -1.10. The zero-order valence-electron chi connectivity index (χ0n) is 12.9. The zero-order valence-corrected chi connectivity index (χ0v) is 13.7. The Morgan fingerprint density at radius 3 is 2.32 bits per heavy atom. The van der Waals surface area contributed by atoms with Gasteiger partial charge in [-0.1, -0.05) is 6.92 Å². The van der Waals surface area contributed by atoms with Crippen LogP contribution in [0.5, 0.6) is 0 Å². The van der Waals surface area contributed by atoms with Crippen molar-refractivity contribution in [1.29, 1.82) is 0 Å². The van der Waals surface area contributed by atoms with Crippen molar-refractivity contribution < 1.29 is 17.2 Å². The van der Waals surface area contributed by atoms with Gasteiger partial charge in [-0.15, -0.1) is 0 Å². The molecule has 2 rings (SSSR count). The number of piperidine rings is 1. The SMILES string of the molecule is CC1CCN([C@@H](C)CNS(=O)(=O)c2cc(F)cc(F)c2)CC1. The highest BCUT2D eigenvalue weighted by Crippen LogP contribution is 2.18. The summed E-state index contributed by atoms with van der Waals surface area (Å²) < 4.78 is 52.9. The Hall–Kier alpha value is -1.05. The molecule has 124 valence electrons. The molecule has 1 aliphatic rings. The molecule has 4 nitrogen and oxygen atoms in total.